The molecule has 0 spiro atoms. The number of hydrogen-bond donors (Lipinski definition) is 2. The molecule has 27 heavy (non-hydrogen) atoms. The van der Waals surface area contributed by atoms with Gasteiger partial charge in [-0.25, -0.2) is 0 Å². The quantitative estimate of drug-likeness (QED) is 0.431. The minimum Gasteiger partial charge on any atom is -0.344 e. The van der Waals surface area contributed by atoms with E-state index in [9.17, 15) is 0 Å². The van der Waals surface area contributed by atoms with Gasteiger partial charge in [0, 0.05) is 0 Å². The fraction of sp³-hybridized carbons (Fsp3) is 0.0400. The molecule has 0 radical (unpaired) electrons. The second kappa shape index (κ2) is 7.20. The Balaban J connectivity index is 0.00000105. The zero-order valence-corrected chi connectivity index (χ0v) is 15.3. The van der Waals surface area contributed by atoms with Gasteiger partial charge in [0.15, 0.2) is 0 Å². The van der Waals surface area contributed by atoms with Crippen molar-refractivity contribution in [2.24, 2.45) is 0 Å². The summed E-state index contributed by atoms with van der Waals surface area (Å²) in [6.07, 6.45) is 4.66. The molecule has 0 aromatic heterocycles. The average molecular weight is 352 g/mol. The van der Waals surface area contributed by atoms with Crippen molar-refractivity contribution in [2.75, 3.05) is 0 Å². The predicted octanol–water partition coefficient (Wildman–Crippen LogP) is 6.53. The van der Waals surface area contributed by atoms with Crippen LogP contribution in [0.4, 0.5) is 0 Å². The molecule has 2 heteroatoms. The molecule has 4 aromatic rings. The lowest BCUT2D eigenvalue weighted by Crippen LogP contribution is -2.28. The van der Waals surface area contributed by atoms with Gasteiger partial charge < -0.3 is 12.3 Å². The molecule has 0 bridgehead atoms. The summed E-state index contributed by atoms with van der Waals surface area (Å²) in [6, 6.07) is 34.9. The van der Waals surface area contributed by atoms with Crippen LogP contribution in [-0.4, -0.2) is 0 Å². The molecule has 0 atom stereocenters. The van der Waals surface area contributed by atoms with Crippen molar-refractivity contribution >= 4 is 16.8 Å². The minimum atomic E-state index is -0.254. The molecule has 1 aliphatic rings. The van der Waals surface area contributed by atoms with E-state index in [1.807, 2.05) is 0 Å². The van der Waals surface area contributed by atoms with Crippen molar-refractivity contribution in [3.8, 4) is 0 Å². The van der Waals surface area contributed by atoms with Gasteiger partial charge >= 0.3 is 0 Å². The van der Waals surface area contributed by atoms with Gasteiger partial charge in [0.05, 0.1) is 5.41 Å². The minimum absolute atomic E-state index is 0. The van der Waals surface area contributed by atoms with E-state index in [0.717, 1.165) is 0 Å². The monoisotopic (exact) mass is 352 g/mol. The highest BCUT2D eigenvalue weighted by Gasteiger charge is 2.37. The predicted molar refractivity (Wildman–Crippen MR) is 116 cm³/mol. The molecule has 4 aromatic carbocycles. The van der Waals surface area contributed by atoms with Gasteiger partial charge in [-0.3, -0.25) is 0 Å². The summed E-state index contributed by atoms with van der Waals surface area (Å²) in [5.41, 5.74) is 5.02. The van der Waals surface area contributed by atoms with Gasteiger partial charge in [0.1, 0.15) is 0 Å². The first-order chi connectivity index (χ1) is 12.4. The van der Waals surface area contributed by atoms with Gasteiger partial charge in [-0.1, -0.05) is 109 Å². The van der Waals surface area contributed by atoms with E-state index in [4.69, 9.17) is 0 Å². The van der Waals surface area contributed by atoms with Crippen LogP contribution in [0.25, 0.3) is 16.8 Å². The highest BCUT2D eigenvalue weighted by atomic mass is 14.4. The summed E-state index contributed by atoms with van der Waals surface area (Å²) in [5.74, 6) is 0. The normalized spacial score (nSPS) is 13.5. The second-order valence-electron chi connectivity index (χ2n) is 6.62. The Morgan fingerprint density at radius 3 is 1.67 bits per heavy atom. The summed E-state index contributed by atoms with van der Waals surface area (Å²) in [4.78, 5) is 0. The van der Waals surface area contributed by atoms with Crippen molar-refractivity contribution < 1.29 is 0 Å². The number of hydrogen-bond acceptors (Lipinski definition) is 2. The zero-order chi connectivity index (χ0) is 16.7. The van der Waals surface area contributed by atoms with Crippen LogP contribution in [0.5, 0.6) is 0 Å². The smallest absolute Gasteiger partial charge is 0.0641 e. The van der Waals surface area contributed by atoms with Crippen molar-refractivity contribution in [1.82, 2.24) is 12.3 Å². The topological polar surface area (TPSA) is 70.0 Å². The third kappa shape index (κ3) is 2.67. The van der Waals surface area contributed by atoms with Gasteiger partial charge in [0.25, 0.3) is 0 Å². The first-order valence-electron chi connectivity index (χ1n) is 8.72. The molecular formula is C25H24N2. The number of rotatable bonds is 2. The third-order valence-electron chi connectivity index (χ3n) is 5.33. The lowest BCUT2D eigenvalue weighted by atomic mass is 9.65. The molecular weight excluding hydrogens is 328 g/mol. The molecule has 134 valence electrons. The van der Waals surface area contributed by atoms with Crippen molar-refractivity contribution in [2.45, 2.75) is 5.41 Å². The molecule has 0 unspecified atom stereocenters. The SMILES string of the molecule is C1=CC(c2ccccc2)(c2ccccc2)c2cccc3cccc1c23.N.N. The van der Waals surface area contributed by atoms with Crippen LogP contribution in [0.1, 0.15) is 22.3 Å². The summed E-state index contributed by atoms with van der Waals surface area (Å²) >= 11 is 0. The van der Waals surface area contributed by atoms with Crippen molar-refractivity contribution in [3.63, 3.8) is 0 Å². The number of benzene rings is 4. The first kappa shape index (κ1) is 18.6. The van der Waals surface area contributed by atoms with Crippen LogP contribution < -0.4 is 12.3 Å². The lowest BCUT2D eigenvalue weighted by Gasteiger charge is -2.36. The zero-order valence-electron chi connectivity index (χ0n) is 15.3. The molecule has 2 nitrogen and oxygen atoms in total. The number of allylic oxidation sites excluding steroid dienone is 1. The standard InChI is InChI=1S/C25H18.2H3N/c1-3-12-21(13-4-1)25(22-14-5-2-6-15-22)18-17-20-10-7-9-19-11-8-16-23(25)24(19)20;;/h1-18H;2*1H3. The van der Waals surface area contributed by atoms with Gasteiger partial charge in [0.2, 0.25) is 0 Å². The van der Waals surface area contributed by atoms with Crippen LogP contribution in [0, 0.1) is 0 Å². The van der Waals surface area contributed by atoms with Crippen molar-refractivity contribution in [1.29, 1.82) is 0 Å². The molecule has 0 saturated carbocycles. The third-order valence-corrected chi connectivity index (χ3v) is 5.33. The Bertz CT molecular complexity index is 1040. The second-order valence-corrected chi connectivity index (χ2v) is 6.62. The summed E-state index contributed by atoms with van der Waals surface area (Å²) in [5, 5.41) is 2.66. The molecule has 0 amide bonds. The Hall–Kier alpha value is -3.20. The maximum absolute atomic E-state index is 2.37. The first-order valence-corrected chi connectivity index (χ1v) is 8.72. The average Bonchev–Trinajstić information content (AvgIpc) is 2.70. The highest BCUT2D eigenvalue weighted by Crippen LogP contribution is 2.47. The molecule has 1 aliphatic carbocycles. The Morgan fingerprint density at radius 2 is 1.07 bits per heavy atom. The molecule has 0 saturated heterocycles. The summed E-state index contributed by atoms with van der Waals surface area (Å²) in [7, 11) is 0. The summed E-state index contributed by atoms with van der Waals surface area (Å²) < 4.78 is 0. The van der Waals surface area contributed by atoms with Crippen molar-refractivity contribution in [3.05, 3.63) is 125 Å². The molecule has 0 heterocycles. The fourth-order valence-corrected chi connectivity index (χ4v) is 4.21. The van der Waals surface area contributed by atoms with Gasteiger partial charge in [-0.15, -0.1) is 0 Å². The van der Waals surface area contributed by atoms with Gasteiger partial charge in [-0.2, -0.15) is 0 Å². The van der Waals surface area contributed by atoms with Crippen LogP contribution >= 0.6 is 0 Å². The maximum atomic E-state index is 2.37. The lowest BCUT2D eigenvalue weighted by molar-refractivity contribution is 0.787. The molecule has 0 aliphatic heterocycles. The van der Waals surface area contributed by atoms with E-state index in [1.54, 1.807) is 0 Å². The van der Waals surface area contributed by atoms with E-state index >= 15 is 0 Å². The molecule has 0 fully saturated rings. The maximum Gasteiger partial charge on any atom is 0.0641 e. The van der Waals surface area contributed by atoms with Crippen LogP contribution in [0.3, 0.4) is 0 Å². The van der Waals surface area contributed by atoms with E-state index < -0.39 is 0 Å². The summed E-state index contributed by atoms with van der Waals surface area (Å²) in [6.45, 7) is 0. The molecule has 6 N–H and O–H groups in total. The molecule has 5 rings (SSSR count). The Kier molecular flexibility index (Phi) is 4.95. The Labute approximate surface area is 160 Å². The van der Waals surface area contributed by atoms with Crippen LogP contribution in [0.15, 0.2) is 103 Å². The van der Waals surface area contributed by atoms with E-state index in [-0.39, 0.29) is 17.7 Å². The van der Waals surface area contributed by atoms with Crippen LogP contribution in [0.2, 0.25) is 0 Å². The van der Waals surface area contributed by atoms with E-state index in [0.29, 0.717) is 0 Å². The van der Waals surface area contributed by atoms with E-state index in [2.05, 4.69) is 109 Å². The fourth-order valence-electron chi connectivity index (χ4n) is 4.21. The van der Waals surface area contributed by atoms with Gasteiger partial charge in [-0.05, 0) is 33.0 Å². The van der Waals surface area contributed by atoms with Crippen LogP contribution in [-0.2, 0) is 5.41 Å². The largest absolute Gasteiger partial charge is 0.344 e. The Morgan fingerprint density at radius 1 is 0.519 bits per heavy atom. The van der Waals surface area contributed by atoms with E-state index in [1.165, 1.54) is 33.0 Å². The highest BCUT2D eigenvalue weighted by molar-refractivity contribution is 5.98.